The van der Waals surface area contributed by atoms with Crippen LogP contribution in [-0.4, -0.2) is 62.5 Å². The van der Waals surface area contributed by atoms with Crippen LogP contribution >= 0.6 is 24.0 Å². The fourth-order valence-electron chi connectivity index (χ4n) is 4.07. The molecule has 1 saturated heterocycles. The van der Waals surface area contributed by atoms with Crippen molar-refractivity contribution in [1.29, 1.82) is 0 Å². The van der Waals surface area contributed by atoms with Crippen molar-refractivity contribution < 1.29 is 27.5 Å². The number of nitrogens with one attached hydrogen (secondary N) is 1. The van der Waals surface area contributed by atoms with Gasteiger partial charge in [-0.2, -0.15) is 5.10 Å². The summed E-state index contributed by atoms with van der Waals surface area (Å²) in [5, 5.41) is 8.87. The molecule has 1 aliphatic heterocycles. The van der Waals surface area contributed by atoms with Gasteiger partial charge in [-0.05, 0) is 61.4 Å². The van der Waals surface area contributed by atoms with Crippen LogP contribution in [0.4, 0.5) is 18.9 Å². The van der Waals surface area contributed by atoms with Crippen molar-refractivity contribution in [3.8, 4) is 22.8 Å². The van der Waals surface area contributed by atoms with Gasteiger partial charge in [-0.3, -0.25) is 24.9 Å². The predicted molar refractivity (Wildman–Crippen MR) is 172 cm³/mol. The topological polar surface area (TPSA) is 114 Å². The number of thioether (sulfide) groups is 1. The number of hydrazone groups is 1. The third-order valence-corrected chi connectivity index (χ3v) is 7.19. The molecule has 0 spiro atoms. The van der Waals surface area contributed by atoms with Crippen LogP contribution in [0.3, 0.4) is 0 Å². The van der Waals surface area contributed by atoms with Crippen LogP contribution in [0.2, 0.25) is 0 Å². The van der Waals surface area contributed by atoms with Crippen LogP contribution in [-0.2, 0) is 4.79 Å². The number of carbonyl (C=O) groups excluding carboxylic acids is 2. The van der Waals surface area contributed by atoms with E-state index in [-0.39, 0.29) is 17.4 Å². The summed E-state index contributed by atoms with van der Waals surface area (Å²) < 4.78 is 41.9. The van der Waals surface area contributed by atoms with Crippen LogP contribution in [0.15, 0.2) is 83.2 Å². The summed E-state index contributed by atoms with van der Waals surface area (Å²) in [4.78, 5) is 33.5. The zero-order chi connectivity index (χ0) is 32.6. The molecule has 232 valence electrons. The maximum atomic E-state index is 12.2. The number of carbonyl (C=O) groups is 2. The number of aryl methyl sites for hydroxylation is 1. The van der Waals surface area contributed by atoms with Gasteiger partial charge < -0.3 is 4.74 Å². The summed E-state index contributed by atoms with van der Waals surface area (Å²) >= 11 is 5.99. The first kappa shape index (κ1) is 33.0. The van der Waals surface area contributed by atoms with Gasteiger partial charge in [0.05, 0.1) is 28.8 Å². The van der Waals surface area contributed by atoms with Gasteiger partial charge in [-0.15, -0.1) is 18.3 Å². The number of hydrogen-bond donors (Lipinski definition) is 1. The highest BCUT2D eigenvalue weighted by Crippen LogP contribution is 2.31. The minimum atomic E-state index is -4.72. The van der Waals surface area contributed by atoms with Gasteiger partial charge in [0.1, 0.15) is 12.1 Å². The van der Waals surface area contributed by atoms with E-state index in [2.05, 4.69) is 42.6 Å². The Morgan fingerprint density at radius 3 is 2.44 bits per heavy atom. The highest BCUT2D eigenvalue weighted by Gasteiger charge is 2.32. The first-order valence-electron chi connectivity index (χ1n) is 13.1. The third kappa shape index (κ3) is 8.83. The second-order valence-corrected chi connectivity index (χ2v) is 10.5. The molecule has 45 heavy (non-hydrogen) atoms. The number of alkyl halides is 3. The Bertz CT molecular complexity index is 1740. The Hall–Kier alpha value is -4.89. The van der Waals surface area contributed by atoms with Gasteiger partial charge in [0.2, 0.25) is 5.91 Å². The van der Waals surface area contributed by atoms with Crippen molar-refractivity contribution in [1.82, 2.24) is 20.2 Å². The number of ketones is 1. The monoisotopic (exact) mass is 653 g/mol. The van der Waals surface area contributed by atoms with E-state index in [4.69, 9.17) is 0 Å². The second-order valence-electron chi connectivity index (χ2n) is 9.28. The van der Waals surface area contributed by atoms with E-state index < -0.39 is 6.36 Å². The molecule has 10 nitrogen and oxygen atoms in total. The van der Waals surface area contributed by atoms with Gasteiger partial charge in [-0.1, -0.05) is 54.3 Å². The van der Waals surface area contributed by atoms with Crippen molar-refractivity contribution >= 4 is 58.2 Å². The Labute approximate surface area is 266 Å². The summed E-state index contributed by atoms with van der Waals surface area (Å²) in [7, 11) is 1.65. The number of nitrogens with zero attached hydrogens (tertiary/aromatic N) is 6. The number of amides is 1. The van der Waals surface area contributed by atoms with Crippen molar-refractivity contribution in [3.05, 3.63) is 89.7 Å². The average Bonchev–Trinajstić information content (AvgIpc) is 3.64. The fraction of sp³-hybridized carbons (Fsp3) is 0.167. The first-order valence-corrected chi connectivity index (χ1v) is 14.6. The maximum absolute atomic E-state index is 12.2. The van der Waals surface area contributed by atoms with E-state index in [1.807, 2.05) is 43.3 Å². The summed E-state index contributed by atoms with van der Waals surface area (Å²) in [5.74, 6) is 0.467. The van der Waals surface area contributed by atoms with Crippen molar-refractivity contribution in [3.63, 3.8) is 0 Å². The van der Waals surface area contributed by atoms with Gasteiger partial charge in [0, 0.05) is 18.2 Å². The van der Waals surface area contributed by atoms with Crippen molar-refractivity contribution in [2.75, 3.05) is 17.7 Å². The number of halogens is 3. The zero-order valence-electron chi connectivity index (χ0n) is 24.1. The highest BCUT2D eigenvalue weighted by atomic mass is 32.2. The predicted octanol–water partition coefficient (Wildman–Crippen LogP) is 5.98. The Morgan fingerprint density at radius 2 is 1.82 bits per heavy atom. The highest BCUT2D eigenvalue weighted by molar-refractivity contribution is 8.15. The smallest absolute Gasteiger partial charge is 0.406 e. The van der Waals surface area contributed by atoms with Crippen LogP contribution in [0.1, 0.15) is 28.4 Å². The molecule has 0 bridgehead atoms. The minimum absolute atomic E-state index is 0.0336. The first-order chi connectivity index (χ1) is 21.5. The number of ether oxygens (including phenoxy) is 1. The Balaban J connectivity index is 0.000000222. The molecule has 1 fully saturated rings. The molecule has 1 N–H and O–H groups in total. The van der Waals surface area contributed by atoms with Crippen LogP contribution in [0, 0.1) is 6.92 Å². The molecule has 0 unspecified atom stereocenters. The van der Waals surface area contributed by atoms with E-state index in [0.717, 1.165) is 16.7 Å². The van der Waals surface area contributed by atoms with Gasteiger partial charge in [0.15, 0.2) is 16.8 Å². The Morgan fingerprint density at radius 1 is 1.11 bits per heavy atom. The normalized spacial score (nSPS) is 14.0. The molecule has 3 aromatic carbocycles. The van der Waals surface area contributed by atoms with Crippen LogP contribution in [0.25, 0.3) is 17.1 Å². The maximum Gasteiger partial charge on any atom is 0.573 e. The molecule has 2 heterocycles. The lowest BCUT2D eigenvalue weighted by Crippen LogP contribution is -2.30. The molecule has 1 amide bonds. The van der Waals surface area contributed by atoms with E-state index >= 15 is 0 Å². The number of hydrogen-bond acceptors (Lipinski definition) is 9. The molecule has 1 aromatic heterocycles. The lowest BCUT2D eigenvalue weighted by atomic mass is 10.1. The lowest BCUT2D eigenvalue weighted by Gasteiger charge is -2.19. The third-order valence-electron chi connectivity index (χ3n) is 6.07. The molecule has 15 heteroatoms. The molecular formula is C30H26F3N7O3S2. The van der Waals surface area contributed by atoms with Crippen LogP contribution in [0.5, 0.6) is 5.75 Å². The Kier molecular flexibility index (Phi) is 10.8. The van der Waals surface area contributed by atoms with E-state index in [9.17, 15) is 22.8 Å². The van der Waals surface area contributed by atoms with Gasteiger partial charge in [0.25, 0.3) is 0 Å². The van der Waals surface area contributed by atoms with E-state index in [0.29, 0.717) is 33.7 Å². The quantitative estimate of drug-likeness (QED) is 0.107. The standard InChI is InChI=1S/C17H12F3N5OS.C13H14N2O2S/c18-17(19,20)26-15-7-5-14(6-8-15)25-10-21-16(24-25)13-3-1-12(2-4-13)9-22-23-11-27;1-8-4-5-10(9(2)16)11(6-8)15-12(17)7-18-13(15)14-3/h1-11H,(H,23,27);4-6H,7H2,1-3H3/b22-9+;. The van der Waals surface area contributed by atoms with E-state index in [1.54, 1.807) is 19.3 Å². The fourth-order valence-corrected chi connectivity index (χ4v) is 4.97. The second kappa shape index (κ2) is 14.7. The molecule has 0 saturated carbocycles. The summed E-state index contributed by atoms with van der Waals surface area (Å²) in [6.45, 7) is 3.44. The molecule has 5 rings (SSSR count). The lowest BCUT2D eigenvalue weighted by molar-refractivity contribution is -0.274. The number of rotatable bonds is 8. The number of Topliss-reactive ketones (excluding diaryl/α,β-unsaturated/α-hetero) is 1. The summed E-state index contributed by atoms with van der Waals surface area (Å²) in [5.41, 5.74) is 8.24. The molecule has 0 atom stereocenters. The minimum Gasteiger partial charge on any atom is -0.406 e. The molecule has 4 aromatic rings. The molecule has 0 aliphatic carbocycles. The molecular weight excluding hydrogens is 628 g/mol. The number of anilines is 1. The van der Waals surface area contributed by atoms with Crippen molar-refractivity contribution in [2.24, 2.45) is 10.1 Å². The largest absolute Gasteiger partial charge is 0.573 e. The molecule has 0 radical (unpaired) electrons. The number of amidine groups is 1. The van der Waals surface area contributed by atoms with Gasteiger partial charge >= 0.3 is 6.36 Å². The number of aliphatic imine (C=N–C) groups is 1. The number of aromatic nitrogens is 3. The summed E-state index contributed by atoms with van der Waals surface area (Å²) in [6.07, 6.45) is -1.63. The number of benzene rings is 3. The van der Waals surface area contributed by atoms with Crippen molar-refractivity contribution in [2.45, 2.75) is 20.2 Å². The van der Waals surface area contributed by atoms with E-state index in [1.165, 1.54) is 64.4 Å². The van der Waals surface area contributed by atoms with Crippen LogP contribution < -0.4 is 15.1 Å². The zero-order valence-corrected chi connectivity index (χ0v) is 25.8. The van der Waals surface area contributed by atoms with Gasteiger partial charge in [-0.25, -0.2) is 9.67 Å². The average molecular weight is 654 g/mol. The summed E-state index contributed by atoms with van der Waals surface area (Å²) in [6, 6.07) is 18.2. The number of thiocarbonyl (C=S) groups is 1. The molecule has 1 aliphatic rings. The SMILES string of the molecule is CN=C1SCC(=O)N1c1cc(C)ccc1C(C)=O.FC(F)(F)Oc1ccc(-n2cnc(-c3ccc(/C=N/NC=S)cc3)n2)cc1.